The Hall–Kier alpha value is -0.900. The van der Waals surface area contributed by atoms with Crippen molar-refractivity contribution in [2.24, 2.45) is 0 Å². The number of halogens is 1. The third-order valence-corrected chi connectivity index (χ3v) is 2.53. The van der Waals surface area contributed by atoms with Crippen LogP contribution in [0.3, 0.4) is 0 Å². The quantitative estimate of drug-likeness (QED) is 0.246. The molecule has 1 unspecified atom stereocenters. The van der Waals surface area contributed by atoms with Gasteiger partial charge < -0.3 is 9.44 Å². The fourth-order valence-electron chi connectivity index (χ4n) is 1.11. The number of ether oxygens (including phenoxy) is 1. The van der Waals surface area contributed by atoms with Gasteiger partial charge in [0.25, 0.3) is 0 Å². The monoisotopic (exact) mass is 219 g/mol. The lowest BCUT2D eigenvalue weighted by molar-refractivity contribution is -0.932. The van der Waals surface area contributed by atoms with Crippen molar-refractivity contribution >= 4 is 5.97 Å². The van der Waals surface area contributed by atoms with E-state index in [-0.39, 0.29) is 16.9 Å². The minimum atomic E-state index is -0.347. The topological polar surface area (TPSA) is 26.3 Å². The first kappa shape index (κ1) is 16.5. The number of rotatable bonds is 6. The summed E-state index contributed by atoms with van der Waals surface area (Å²) in [4.78, 5) is 11.0. The van der Waals surface area contributed by atoms with Gasteiger partial charge in [0, 0.05) is 13.0 Å². The largest absolute Gasteiger partial charge is 1.00 e. The number of esters is 1. The van der Waals surface area contributed by atoms with E-state index in [9.17, 15) is 4.79 Å². The molecule has 0 bridgehead atoms. The molecule has 0 radical (unpaired) electrons. The molecule has 15 heavy (non-hydrogen) atoms. The van der Waals surface area contributed by atoms with Crippen LogP contribution in [-0.4, -0.2) is 37.3 Å². The summed E-state index contributed by atoms with van der Waals surface area (Å²) in [5.74, 6) is -0.347. The van der Waals surface area contributed by atoms with Crippen molar-refractivity contribution < 1.29 is 18.7 Å². The second kappa shape index (κ2) is 7.40. The molecule has 0 fully saturated rings. The Morgan fingerprint density at radius 3 is 2.47 bits per heavy atom. The van der Waals surface area contributed by atoms with Crippen LogP contribution in [0.15, 0.2) is 12.7 Å². The Kier molecular flexibility index (Phi) is 8.15. The normalized spacial score (nSPS) is 12.5. The average molecular weight is 219 g/mol. The predicted octanol–water partition coefficient (Wildman–Crippen LogP) is -1.06. The van der Waals surface area contributed by atoms with Crippen LogP contribution in [0, 0.1) is 0 Å². The second-order valence-electron chi connectivity index (χ2n) is 4.10. The Balaban J connectivity index is 0. The fraction of sp³-hybridized carbons (Fsp3) is 0.727. The van der Waals surface area contributed by atoms with E-state index in [0.717, 1.165) is 19.4 Å². The summed E-state index contributed by atoms with van der Waals surface area (Å²) in [6.45, 7) is 8.46. The first-order valence-corrected chi connectivity index (χ1v) is 5.09. The van der Waals surface area contributed by atoms with Gasteiger partial charge in [-0.1, -0.05) is 19.9 Å². The van der Waals surface area contributed by atoms with Gasteiger partial charge in [-0.15, -0.1) is 0 Å². The number of hydrogen-bond donors (Lipinski definition) is 0. The van der Waals surface area contributed by atoms with Crippen LogP contribution in [0.1, 0.15) is 26.7 Å². The standard InChI is InChI=1S/C11H22NO2.FH/c1-6-8-9-12(4,5)10(3)14-11(13)7-2;/h7,10H,2,6,8-9H2,1,3-5H3;1H/q+1;/p-1. The molecule has 0 aromatic heterocycles. The number of nitrogens with zero attached hydrogens (tertiary/aromatic N) is 1. The van der Waals surface area contributed by atoms with E-state index in [1.807, 2.05) is 6.92 Å². The lowest BCUT2D eigenvalue weighted by Crippen LogP contribution is -3.00. The third kappa shape index (κ3) is 6.23. The molecular formula is C11H22FNO2. The highest BCUT2D eigenvalue weighted by Gasteiger charge is 2.25. The van der Waals surface area contributed by atoms with Crippen LogP contribution >= 0.6 is 0 Å². The molecule has 0 aromatic carbocycles. The zero-order chi connectivity index (χ0) is 11.2. The minimum Gasteiger partial charge on any atom is -1.00 e. The molecule has 0 aliphatic rings. The average Bonchev–Trinajstić information content (AvgIpc) is 2.14. The van der Waals surface area contributed by atoms with Gasteiger partial charge in [-0.05, 0) is 6.42 Å². The highest BCUT2D eigenvalue weighted by molar-refractivity contribution is 5.81. The zero-order valence-corrected chi connectivity index (χ0v) is 10.1. The van der Waals surface area contributed by atoms with E-state index < -0.39 is 0 Å². The van der Waals surface area contributed by atoms with Crippen molar-refractivity contribution in [1.29, 1.82) is 0 Å². The summed E-state index contributed by atoms with van der Waals surface area (Å²) < 4.78 is 5.88. The number of unbranched alkanes of at least 4 members (excludes halogenated alkanes) is 1. The molecule has 0 spiro atoms. The zero-order valence-electron chi connectivity index (χ0n) is 10.1. The van der Waals surface area contributed by atoms with Crippen molar-refractivity contribution in [1.82, 2.24) is 0 Å². The highest BCUT2D eigenvalue weighted by atomic mass is 19.0. The van der Waals surface area contributed by atoms with Crippen LogP contribution in [0.2, 0.25) is 0 Å². The molecule has 1 atom stereocenters. The molecule has 0 amide bonds. The minimum absolute atomic E-state index is 0. The van der Waals surface area contributed by atoms with E-state index in [1.54, 1.807) is 0 Å². The Labute approximate surface area is 91.7 Å². The summed E-state index contributed by atoms with van der Waals surface area (Å²) in [5, 5.41) is 0. The Morgan fingerprint density at radius 1 is 1.53 bits per heavy atom. The Bertz CT molecular complexity index is 205. The van der Waals surface area contributed by atoms with Crippen LogP contribution in [0.25, 0.3) is 0 Å². The molecule has 0 heterocycles. The third-order valence-electron chi connectivity index (χ3n) is 2.53. The van der Waals surface area contributed by atoms with Crippen molar-refractivity contribution in [3.63, 3.8) is 0 Å². The fourth-order valence-corrected chi connectivity index (χ4v) is 1.11. The molecule has 0 aliphatic heterocycles. The number of carbonyl (C=O) groups excluding carboxylic acids is 1. The van der Waals surface area contributed by atoms with Gasteiger partial charge in [-0.2, -0.15) is 0 Å². The van der Waals surface area contributed by atoms with Gasteiger partial charge in [0.05, 0.1) is 20.6 Å². The lowest BCUT2D eigenvalue weighted by atomic mass is 10.3. The van der Waals surface area contributed by atoms with Gasteiger partial charge in [0.15, 0.2) is 0 Å². The molecule has 0 saturated carbocycles. The summed E-state index contributed by atoms with van der Waals surface area (Å²) in [6, 6.07) is 0. The SMILES string of the molecule is C=CC(=O)OC(C)[N+](C)(C)CCCC.[F-]. The molecule has 90 valence electrons. The maximum absolute atomic E-state index is 11.0. The first-order valence-electron chi connectivity index (χ1n) is 5.09. The second-order valence-corrected chi connectivity index (χ2v) is 4.10. The smallest absolute Gasteiger partial charge is 0.334 e. The number of quaternary nitrogens is 1. The predicted molar refractivity (Wildman–Crippen MR) is 57.6 cm³/mol. The van der Waals surface area contributed by atoms with E-state index in [0.29, 0.717) is 4.48 Å². The summed E-state index contributed by atoms with van der Waals surface area (Å²) in [5.41, 5.74) is 0. The summed E-state index contributed by atoms with van der Waals surface area (Å²) in [6.07, 6.45) is 3.38. The molecule has 0 aliphatic carbocycles. The molecule has 4 heteroatoms. The molecule has 0 N–H and O–H groups in total. The number of hydrogen-bond acceptors (Lipinski definition) is 2. The molecule has 3 nitrogen and oxygen atoms in total. The maximum atomic E-state index is 11.0. The maximum Gasteiger partial charge on any atom is 0.334 e. The first-order chi connectivity index (χ1) is 6.44. The van der Waals surface area contributed by atoms with Gasteiger partial charge in [0.1, 0.15) is 0 Å². The van der Waals surface area contributed by atoms with E-state index in [4.69, 9.17) is 4.74 Å². The van der Waals surface area contributed by atoms with Gasteiger partial charge in [-0.25, -0.2) is 4.79 Å². The lowest BCUT2D eigenvalue weighted by Gasteiger charge is -2.34. The van der Waals surface area contributed by atoms with Gasteiger partial charge >= 0.3 is 5.97 Å². The molecular weight excluding hydrogens is 197 g/mol. The van der Waals surface area contributed by atoms with E-state index in [2.05, 4.69) is 27.6 Å². The molecule has 0 saturated heterocycles. The summed E-state index contributed by atoms with van der Waals surface area (Å²) >= 11 is 0. The van der Waals surface area contributed by atoms with Crippen LogP contribution < -0.4 is 4.70 Å². The van der Waals surface area contributed by atoms with Crippen molar-refractivity contribution in [2.75, 3.05) is 20.6 Å². The Morgan fingerprint density at radius 2 is 2.07 bits per heavy atom. The van der Waals surface area contributed by atoms with Crippen LogP contribution in [0.5, 0.6) is 0 Å². The van der Waals surface area contributed by atoms with E-state index in [1.165, 1.54) is 6.08 Å². The number of carbonyl (C=O) groups is 1. The molecule has 0 aromatic rings. The summed E-state index contributed by atoms with van der Waals surface area (Å²) in [7, 11) is 4.13. The molecule has 0 rings (SSSR count). The van der Waals surface area contributed by atoms with Crippen molar-refractivity contribution in [3.8, 4) is 0 Å². The van der Waals surface area contributed by atoms with Crippen LogP contribution in [-0.2, 0) is 9.53 Å². The van der Waals surface area contributed by atoms with Crippen molar-refractivity contribution in [3.05, 3.63) is 12.7 Å². The van der Waals surface area contributed by atoms with Crippen molar-refractivity contribution in [2.45, 2.75) is 32.9 Å². The van der Waals surface area contributed by atoms with E-state index >= 15 is 0 Å². The van der Waals surface area contributed by atoms with Gasteiger partial charge in [0.2, 0.25) is 6.23 Å². The highest BCUT2D eigenvalue weighted by Crippen LogP contribution is 2.10. The van der Waals surface area contributed by atoms with Gasteiger partial charge in [-0.3, -0.25) is 4.48 Å². The van der Waals surface area contributed by atoms with Crippen LogP contribution in [0.4, 0.5) is 0 Å².